The minimum absolute atomic E-state index is 0.159. The molecule has 1 heterocycles. The Kier molecular flexibility index (Phi) is 9.12. The van der Waals surface area contributed by atoms with Gasteiger partial charge >= 0.3 is 11.3 Å². The Balaban J connectivity index is 2.16. The third-order valence-electron chi connectivity index (χ3n) is 5.26. The fourth-order valence-electron chi connectivity index (χ4n) is 3.62. The van der Waals surface area contributed by atoms with Gasteiger partial charge in [-0.05, 0) is 70.3 Å². The molecule has 0 unspecified atom stereocenters. The Morgan fingerprint density at radius 2 is 1.97 bits per heavy atom. The van der Waals surface area contributed by atoms with Crippen LogP contribution in [-0.2, 0) is 9.53 Å². The molecule has 0 aliphatic carbocycles. The minimum atomic E-state index is -1.000. The van der Waals surface area contributed by atoms with Gasteiger partial charge in [0, 0.05) is 39.0 Å². The van der Waals surface area contributed by atoms with Crippen LogP contribution in [0.2, 0.25) is 0 Å². The SMILES string of the molecule is CN(C)CC#CC(=O)N(c1ccc2ncc(C#N)c(Nc3cccc(Br)c3)c2c1)C(C)(C)COC(=O)Cl. The summed E-state index contributed by atoms with van der Waals surface area (Å²) in [7, 11) is 3.70. The van der Waals surface area contributed by atoms with Crippen molar-refractivity contribution in [1.82, 2.24) is 9.88 Å². The predicted octanol–water partition coefficient (Wildman–Crippen LogP) is 5.66. The summed E-state index contributed by atoms with van der Waals surface area (Å²) in [5.74, 6) is 5.04. The molecule has 0 spiro atoms. The van der Waals surface area contributed by atoms with Crippen molar-refractivity contribution < 1.29 is 14.3 Å². The fourth-order valence-corrected chi connectivity index (χ4v) is 4.07. The van der Waals surface area contributed by atoms with E-state index in [0.717, 1.165) is 10.2 Å². The normalized spacial score (nSPS) is 10.9. The molecule has 0 atom stereocenters. The highest BCUT2D eigenvalue weighted by atomic mass is 79.9. The molecular formula is C27H25BrClN5O3. The highest BCUT2D eigenvalue weighted by molar-refractivity contribution is 9.10. The number of hydrogen-bond acceptors (Lipinski definition) is 7. The topological polar surface area (TPSA) is 98.6 Å². The number of anilines is 3. The monoisotopic (exact) mass is 581 g/mol. The van der Waals surface area contributed by atoms with Crippen LogP contribution in [0.15, 0.2) is 53.1 Å². The predicted molar refractivity (Wildman–Crippen MR) is 149 cm³/mol. The number of pyridine rings is 1. The second kappa shape index (κ2) is 12.1. The van der Waals surface area contributed by atoms with Gasteiger partial charge in [0.05, 0.1) is 28.9 Å². The average Bonchev–Trinajstić information content (AvgIpc) is 2.83. The van der Waals surface area contributed by atoms with Crippen molar-refractivity contribution in [1.29, 1.82) is 5.26 Å². The van der Waals surface area contributed by atoms with Crippen molar-refractivity contribution >= 4 is 66.8 Å². The number of rotatable bonds is 7. The Morgan fingerprint density at radius 1 is 1.22 bits per heavy atom. The fraction of sp³-hybridized carbons (Fsp3) is 0.259. The van der Waals surface area contributed by atoms with Gasteiger partial charge in [-0.25, -0.2) is 4.79 Å². The Labute approximate surface area is 229 Å². The number of carbonyl (C=O) groups excluding carboxylic acids is 2. The minimum Gasteiger partial charge on any atom is -0.451 e. The highest BCUT2D eigenvalue weighted by Gasteiger charge is 2.33. The van der Waals surface area contributed by atoms with E-state index >= 15 is 0 Å². The van der Waals surface area contributed by atoms with Gasteiger partial charge in [0.15, 0.2) is 0 Å². The van der Waals surface area contributed by atoms with Crippen molar-refractivity contribution in [2.24, 2.45) is 0 Å². The van der Waals surface area contributed by atoms with E-state index in [9.17, 15) is 14.9 Å². The van der Waals surface area contributed by atoms with E-state index < -0.39 is 16.9 Å². The van der Waals surface area contributed by atoms with Gasteiger partial charge in [-0.15, -0.1) is 0 Å². The van der Waals surface area contributed by atoms with E-state index in [0.29, 0.717) is 34.4 Å². The third kappa shape index (κ3) is 7.21. The summed E-state index contributed by atoms with van der Waals surface area (Å²) in [5.41, 5.74) is 0.784. The number of ether oxygens (including phenoxy) is 1. The molecular weight excluding hydrogens is 558 g/mol. The summed E-state index contributed by atoms with van der Waals surface area (Å²) in [6, 6.07) is 15.0. The number of halogens is 2. The Morgan fingerprint density at radius 3 is 2.62 bits per heavy atom. The van der Waals surface area contributed by atoms with E-state index in [4.69, 9.17) is 16.3 Å². The number of fused-ring (bicyclic) bond motifs is 1. The smallest absolute Gasteiger partial charge is 0.403 e. The van der Waals surface area contributed by atoms with Gasteiger partial charge in [0.2, 0.25) is 0 Å². The Hall–Kier alpha value is -3.63. The zero-order valence-corrected chi connectivity index (χ0v) is 23.1. The Bertz CT molecular complexity index is 1440. The molecule has 2 aromatic carbocycles. The molecule has 0 aliphatic heterocycles. The van der Waals surface area contributed by atoms with Crippen LogP contribution in [0, 0.1) is 23.2 Å². The summed E-state index contributed by atoms with van der Waals surface area (Å²) in [4.78, 5) is 32.4. The summed E-state index contributed by atoms with van der Waals surface area (Å²) in [5, 5.41) is 13.7. The molecule has 190 valence electrons. The molecule has 10 heteroatoms. The van der Waals surface area contributed by atoms with Crippen molar-refractivity contribution in [3.63, 3.8) is 0 Å². The van der Waals surface area contributed by atoms with E-state index in [-0.39, 0.29) is 6.61 Å². The first-order chi connectivity index (χ1) is 17.5. The van der Waals surface area contributed by atoms with E-state index in [1.165, 1.54) is 11.1 Å². The van der Waals surface area contributed by atoms with Gasteiger partial charge in [-0.3, -0.25) is 19.6 Å². The van der Waals surface area contributed by atoms with Crippen LogP contribution in [0.5, 0.6) is 0 Å². The zero-order valence-electron chi connectivity index (χ0n) is 20.8. The summed E-state index contributed by atoms with van der Waals surface area (Å²) in [6.45, 7) is 3.72. The largest absolute Gasteiger partial charge is 0.451 e. The van der Waals surface area contributed by atoms with Crippen molar-refractivity contribution in [3.05, 3.63) is 58.7 Å². The van der Waals surface area contributed by atoms with Gasteiger partial charge in [0.1, 0.15) is 12.7 Å². The molecule has 0 bridgehead atoms. The number of aromatic nitrogens is 1. The molecule has 0 radical (unpaired) electrons. The van der Waals surface area contributed by atoms with Gasteiger partial charge in [0.25, 0.3) is 0 Å². The second-order valence-corrected chi connectivity index (χ2v) is 10.2. The zero-order chi connectivity index (χ0) is 27.2. The third-order valence-corrected chi connectivity index (χ3v) is 5.86. The van der Waals surface area contributed by atoms with Crippen LogP contribution in [-0.4, -0.2) is 54.0 Å². The molecule has 3 rings (SSSR count). The quantitative estimate of drug-likeness (QED) is 0.283. The lowest BCUT2D eigenvalue weighted by Crippen LogP contribution is -2.51. The van der Waals surface area contributed by atoms with Crippen LogP contribution in [0.4, 0.5) is 21.9 Å². The molecule has 1 amide bonds. The first-order valence-corrected chi connectivity index (χ1v) is 12.3. The molecule has 1 N–H and O–H groups in total. The van der Waals surface area contributed by atoms with Gasteiger partial charge in [-0.1, -0.05) is 27.9 Å². The first kappa shape index (κ1) is 27.9. The lowest BCUT2D eigenvalue weighted by atomic mass is 10.0. The van der Waals surface area contributed by atoms with Gasteiger partial charge in [-0.2, -0.15) is 5.26 Å². The maximum atomic E-state index is 13.4. The van der Waals surface area contributed by atoms with Crippen LogP contribution in [0.25, 0.3) is 10.9 Å². The molecule has 0 saturated carbocycles. The average molecular weight is 583 g/mol. The summed E-state index contributed by atoms with van der Waals surface area (Å²) < 4.78 is 5.92. The maximum Gasteiger partial charge on any atom is 0.403 e. The van der Waals surface area contributed by atoms with Crippen molar-refractivity contribution in [2.45, 2.75) is 19.4 Å². The number of nitriles is 1. The molecule has 0 aliphatic rings. The molecule has 8 nitrogen and oxygen atoms in total. The number of amides is 1. The molecule has 3 aromatic rings. The van der Waals surface area contributed by atoms with E-state index in [1.54, 1.807) is 32.0 Å². The molecule has 0 saturated heterocycles. The number of benzene rings is 2. The van der Waals surface area contributed by atoms with E-state index in [2.05, 4.69) is 44.1 Å². The molecule has 1 aromatic heterocycles. The number of nitrogens with one attached hydrogen (secondary N) is 1. The van der Waals surface area contributed by atoms with Crippen LogP contribution < -0.4 is 10.2 Å². The standard InChI is InChI=1S/C27H25BrClN5O3/c1-27(2,17-37-26(29)36)34(24(35)9-6-12-33(3)4)21-10-11-23-22(14-21)25(18(15-30)16-31-23)32-20-8-5-7-19(28)13-20/h5,7-8,10-11,13-14,16H,12,17H2,1-4H3,(H,31,32). The van der Waals surface area contributed by atoms with Gasteiger partial charge < -0.3 is 10.1 Å². The maximum absolute atomic E-state index is 13.4. The first-order valence-electron chi connectivity index (χ1n) is 11.2. The van der Waals surface area contributed by atoms with Crippen LogP contribution in [0.3, 0.4) is 0 Å². The lowest BCUT2D eigenvalue weighted by Gasteiger charge is -2.36. The highest BCUT2D eigenvalue weighted by Crippen LogP contribution is 2.34. The molecule has 0 fully saturated rings. The van der Waals surface area contributed by atoms with Crippen LogP contribution in [0.1, 0.15) is 19.4 Å². The molecule has 37 heavy (non-hydrogen) atoms. The number of nitrogens with zero attached hydrogens (tertiary/aromatic N) is 4. The second-order valence-electron chi connectivity index (χ2n) is 9.01. The summed E-state index contributed by atoms with van der Waals surface area (Å²) >= 11 is 8.87. The number of carbonyl (C=O) groups is 2. The van der Waals surface area contributed by atoms with Crippen LogP contribution >= 0.6 is 27.5 Å². The lowest BCUT2D eigenvalue weighted by molar-refractivity contribution is -0.114. The van der Waals surface area contributed by atoms with Crippen molar-refractivity contribution in [3.8, 4) is 17.9 Å². The van der Waals surface area contributed by atoms with Crippen molar-refractivity contribution in [2.75, 3.05) is 37.5 Å². The summed E-state index contributed by atoms with van der Waals surface area (Å²) in [6.07, 6.45) is 1.50. The van der Waals surface area contributed by atoms with E-state index in [1.807, 2.05) is 43.3 Å². The number of hydrogen-bond donors (Lipinski definition) is 1.